The summed E-state index contributed by atoms with van der Waals surface area (Å²) < 4.78 is 5.23. The summed E-state index contributed by atoms with van der Waals surface area (Å²) in [5.74, 6) is -4.38. The predicted octanol–water partition coefficient (Wildman–Crippen LogP) is -0.00120. The van der Waals surface area contributed by atoms with Crippen molar-refractivity contribution in [2.45, 2.75) is 44.2 Å². The molecule has 0 saturated carbocycles. The van der Waals surface area contributed by atoms with Gasteiger partial charge in [-0.1, -0.05) is 39.3 Å². The van der Waals surface area contributed by atoms with Crippen LogP contribution in [-0.4, -0.2) is 106 Å². The van der Waals surface area contributed by atoms with E-state index in [0.29, 0.717) is 6.61 Å². The summed E-state index contributed by atoms with van der Waals surface area (Å²) >= 11 is 12.0. The molecule has 0 unspecified atom stereocenters. The minimum absolute atomic E-state index is 0.0190. The fraction of sp³-hybridized carbons (Fsp3) is 0.789. The number of Topliss-reactive ketones (excluding diaryl/α,β-unsaturated/α-hetero) is 3. The Labute approximate surface area is 234 Å². The van der Waals surface area contributed by atoms with Gasteiger partial charge >= 0.3 is 0 Å². The molecule has 3 atom stereocenters. The minimum atomic E-state index is -2.65. The quantitative estimate of drug-likeness (QED) is 0.0361. The van der Waals surface area contributed by atoms with Crippen molar-refractivity contribution in [2.24, 2.45) is 0 Å². The van der Waals surface area contributed by atoms with Crippen LogP contribution >= 0.6 is 69.3 Å². The fourth-order valence-electron chi connectivity index (χ4n) is 2.23. The van der Waals surface area contributed by atoms with Gasteiger partial charge in [-0.25, -0.2) is 0 Å². The van der Waals surface area contributed by atoms with Crippen LogP contribution < -0.4 is 16.0 Å². The largest absolute Gasteiger partial charge is 0.374 e. The van der Waals surface area contributed by atoms with Crippen LogP contribution in [0.2, 0.25) is 0 Å². The van der Waals surface area contributed by atoms with Crippen molar-refractivity contribution in [3.05, 3.63) is 0 Å². The smallest absolute Gasteiger partial charge is 0.281 e. The zero-order valence-corrected chi connectivity index (χ0v) is 24.7. The predicted molar refractivity (Wildman–Crippen MR) is 154 cm³/mol. The second kappa shape index (κ2) is 20.4. The number of nitrogens with one attached hydrogen (secondary N) is 3. The highest BCUT2D eigenvalue weighted by Gasteiger charge is 2.35. The Hall–Kier alpha value is 0.380. The molecule has 0 radical (unpaired) electrons. The summed E-state index contributed by atoms with van der Waals surface area (Å²) in [6.45, 7) is 4.49. The monoisotopic (exact) mass is 609 g/mol. The molecule has 0 aliphatic carbocycles. The Morgan fingerprint density at radius 3 is 2.06 bits per heavy atom. The molecule has 0 rings (SSSR count). The molecule has 0 aliphatic rings. The molecule has 16 heteroatoms. The van der Waals surface area contributed by atoms with E-state index in [2.05, 4.69) is 52.9 Å². The summed E-state index contributed by atoms with van der Waals surface area (Å²) in [5.41, 5.74) is 0. The maximum Gasteiger partial charge on any atom is 0.281 e. The van der Waals surface area contributed by atoms with Gasteiger partial charge in [-0.3, -0.25) is 29.8 Å². The number of rotatable bonds is 22. The lowest BCUT2D eigenvalue weighted by Gasteiger charge is -2.23. The summed E-state index contributed by atoms with van der Waals surface area (Å²) in [6.07, 6.45) is 0.837. The lowest BCUT2D eigenvalue weighted by atomic mass is 10.2. The van der Waals surface area contributed by atoms with Crippen molar-refractivity contribution in [2.75, 3.05) is 48.6 Å². The van der Waals surface area contributed by atoms with Crippen LogP contribution in [0.15, 0.2) is 0 Å². The number of carbonyl (C=O) groups excluding carboxylic acids is 4. The summed E-state index contributed by atoms with van der Waals surface area (Å²) in [6, 6.07) is -1.97. The maximum atomic E-state index is 12.4. The Morgan fingerprint density at radius 1 is 0.971 bits per heavy atom. The van der Waals surface area contributed by atoms with Gasteiger partial charge in [-0.15, -0.1) is 11.7 Å². The van der Waals surface area contributed by atoms with Crippen LogP contribution in [0.4, 0.5) is 0 Å². The van der Waals surface area contributed by atoms with Crippen molar-refractivity contribution in [3.63, 3.8) is 0 Å². The summed E-state index contributed by atoms with van der Waals surface area (Å²) in [4.78, 5) is 48.6. The number of thiol groups is 3. The molecule has 0 heterocycles. The van der Waals surface area contributed by atoms with E-state index in [1.807, 2.05) is 6.92 Å². The van der Waals surface area contributed by atoms with Crippen molar-refractivity contribution >= 4 is 92.6 Å². The molecule has 0 fully saturated rings. The van der Waals surface area contributed by atoms with Gasteiger partial charge in [-0.05, 0) is 13.3 Å². The highest BCUT2D eigenvalue weighted by Crippen LogP contribution is 2.22. The van der Waals surface area contributed by atoms with E-state index < -0.39 is 29.8 Å². The number of carbonyl (C=O) groups is 4. The van der Waals surface area contributed by atoms with Crippen molar-refractivity contribution < 1.29 is 34.1 Å². The van der Waals surface area contributed by atoms with E-state index in [1.165, 1.54) is 10.8 Å². The highest BCUT2D eigenvalue weighted by atomic mass is 33.1. The first-order chi connectivity index (χ1) is 16.5. The Bertz CT molecular complexity index is 675. The van der Waals surface area contributed by atoms with Crippen LogP contribution in [0, 0.1) is 0 Å². The topological polar surface area (TPSA) is 154 Å². The molecule has 0 saturated heterocycles. The molecule has 5 N–H and O–H groups in total. The van der Waals surface area contributed by atoms with Crippen LogP contribution in [0.1, 0.15) is 20.3 Å². The van der Waals surface area contributed by atoms with Crippen LogP contribution in [0.3, 0.4) is 0 Å². The van der Waals surface area contributed by atoms with Crippen LogP contribution in [0.25, 0.3) is 0 Å². The van der Waals surface area contributed by atoms with Crippen molar-refractivity contribution in [3.8, 4) is 0 Å². The van der Waals surface area contributed by atoms with Crippen molar-refractivity contribution in [1.82, 2.24) is 16.0 Å². The molecule has 0 aromatic carbocycles. The number of ketones is 3. The number of hydrogen-bond acceptors (Lipinski definition) is 15. The van der Waals surface area contributed by atoms with Gasteiger partial charge < -0.3 is 20.3 Å². The Balaban J connectivity index is 4.35. The molecule has 204 valence electrons. The molecule has 0 aromatic heterocycles. The summed E-state index contributed by atoms with van der Waals surface area (Å²) in [7, 11) is 3.09. The molecular weight excluding hydrogens is 575 g/mol. The molecule has 35 heavy (non-hydrogen) atoms. The first-order valence-electron chi connectivity index (χ1n) is 10.6. The van der Waals surface area contributed by atoms with E-state index >= 15 is 0 Å². The standard InChI is InChI=1S/C19H35N3O7S6/c1-3-4-29-5-15(23)12(2)20-11-21-13(6-30)16(24)8-34-35-9-17(25)14(7-31)22-18(26)19(27,28)10-33-32/h12-14,20-21,27-28,30-32H,3-11H2,1-2H3,(H,22,26)/t12-,13-,14-/m0/s1. The second-order valence-corrected chi connectivity index (χ2v) is 11.8. The first-order valence-corrected chi connectivity index (χ1v) is 16.4. The van der Waals surface area contributed by atoms with Gasteiger partial charge in [0.1, 0.15) is 6.61 Å². The zero-order valence-electron chi connectivity index (χ0n) is 19.6. The third kappa shape index (κ3) is 15.4. The molecule has 0 aromatic rings. The van der Waals surface area contributed by atoms with E-state index in [4.69, 9.17) is 4.74 Å². The molecule has 1 amide bonds. The van der Waals surface area contributed by atoms with Gasteiger partial charge in [0.25, 0.3) is 11.7 Å². The van der Waals surface area contributed by atoms with Gasteiger partial charge in [0.15, 0.2) is 17.3 Å². The first kappa shape index (κ1) is 35.4. The van der Waals surface area contributed by atoms with E-state index in [1.54, 1.807) is 6.92 Å². The van der Waals surface area contributed by atoms with E-state index in [9.17, 15) is 29.4 Å². The lowest BCUT2D eigenvalue weighted by molar-refractivity contribution is -0.177. The minimum Gasteiger partial charge on any atom is -0.374 e. The number of ether oxygens (including phenoxy) is 1. The average Bonchev–Trinajstić information content (AvgIpc) is 2.82. The second-order valence-electron chi connectivity index (χ2n) is 7.32. The van der Waals surface area contributed by atoms with Crippen molar-refractivity contribution in [1.29, 1.82) is 0 Å². The van der Waals surface area contributed by atoms with Crippen LogP contribution in [0.5, 0.6) is 0 Å². The molecule has 10 nitrogen and oxygen atoms in total. The normalized spacial score (nSPS) is 14.3. The van der Waals surface area contributed by atoms with Crippen LogP contribution in [-0.2, 0) is 23.9 Å². The van der Waals surface area contributed by atoms with Gasteiger partial charge in [0.2, 0.25) is 0 Å². The van der Waals surface area contributed by atoms with Gasteiger partial charge in [0.05, 0.1) is 35.4 Å². The molecule has 0 spiro atoms. The third-order valence-corrected chi connectivity index (χ3v) is 8.22. The third-order valence-electron chi connectivity index (χ3n) is 4.40. The number of amides is 1. The molecular formula is C19H35N3O7S6. The lowest BCUT2D eigenvalue weighted by Crippen LogP contribution is -2.54. The highest BCUT2D eigenvalue weighted by molar-refractivity contribution is 8.77. The number of hydrogen-bond donors (Lipinski definition) is 8. The average molecular weight is 610 g/mol. The van der Waals surface area contributed by atoms with E-state index in [0.717, 1.165) is 28.0 Å². The fourth-order valence-corrected chi connectivity index (χ4v) is 5.71. The number of aliphatic hydroxyl groups is 2. The molecule has 0 aliphatic heterocycles. The molecule has 0 bridgehead atoms. The summed E-state index contributed by atoms with van der Waals surface area (Å²) in [5, 5.41) is 27.6. The van der Waals surface area contributed by atoms with Gasteiger partial charge in [0, 0.05) is 24.8 Å². The van der Waals surface area contributed by atoms with Gasteiger partial charge in [-0.2, -0.15) is 25.3 Å². The Morgan fingerprint density at radius 2 is 1.54 bits per heavy atom. The van der Waals surface area contributed by atoms with E-state index in [-0.39, 0.29) is 59.4 Å². The Kier molecular flexibility index (Phi) is 20.6. The zero-order chi connectivity index (χ0) is 26.9. The SMILES string of the molecule is CCCOCC(=O)[C@H](C)NCN[C@@H](CS)C(=O)CSSCC(=O)[C@H](CS)NC(=O)C(O)(O)CSS. The maximum absolute atomic E-state index is 12.4.